The highest BCUT2D eigenvalue weighted by molar-refractivity contribution is 5.41. The summed E-state index contributed by atoms with van der Waals surface area (Å²) in [6.45, 7) is 2.34. The molecule has 0 amide bonds. The van der Waals surface area contributed by atoms with Gasteiger partial charge in [-0.2, -0.15) is 0 Å². The average Bonchev–Trinajstić information content (AvgIpc) is 2.45. The van der Waals surface area contributed by atoms with E-state index in [9.17, 15) is 0 Å². The van der Waals surface area contributed by atoms with Gasteiger partial charge < -0.3 is 0 Å². The Bertz CT molecular complexity index is 429. The van der Waals surface area contributed by atoms with E-state index < -0.39 is 0 Å². The average molecular weight is 258 g/mol. The standard InChI is InChI=1S/C17H26N2/c1-2-12-7-3-6-10-15(12)17(19-18)16-11-13-8-4-5-9-14(13)16/h4-5,8-9,12,15-17,19H,2-3,6-7,10-11,18H2,1H3. The maximum Gasteiger partial charge on any atom is 0.0313 e. The summed E-state index contributed by atoms with van der Waals surface area (Å²) in [5, 5.41) is 0. The van der Waals surface area contributed by atoms with Crippen molar-refractivity contribution in [2.45, 2.75) is 57.4 Å². The lowest BCUT2D eigenvalue weighted by molar-refractivity contribution is 0.152. The molecule has 0 spiro atoms. The summed E-state index contributed by atoms with van der Waals surface area (Å²) < 4.78 is 0. The summed E-state index contributed by atoms with van der Waals surface area (Å²) in [5.41, 5.74) is 6.24. The second-order valence-corrected chi connectivity index (χ2v) is 6.32. The van der Waals surface area contributed by atoms with E-state index in [2.05, 4.69) is 36.6 Å². The van der Waals surface area contributed by atoms with Crippen LogP contribution in [0.2, 0.25) is 0 Å². The number of hydrazine groups is 1. The zero-order valence-electron chi connectivity index (χ0n) is 11.9. The number of hydrogen-bond acceptors (Lipinski definition) is 2. The molecule has 0 saturated heterocycles. The van der Waals surface area contributed by atoms with Crippen molar-refractivity contribution in [2.24, 2.45) is 17.7 Å². The van der Waals surface area contributed by atoms with Crippen molar-refractivity contribution in [2.75, 3.05) is 0 Å². The molecule has 1 fully saturated rings. The second-order valence-electron chi connectivity index (χ2n) is 6.32. The van der Waals surface area contributed by atoms with Gasteiger partial charge in [0.15, 0.2) is 0 Å². The first-order chi connectivity index (χ1) is 9.35. The van der Waals surface area contributed by atoms with Crippen LogP contribution in [0.5, 0.6) is 0 Å². The third kappa shape index (κ3) is 2.32. The molecule has 19 heavy (non-hydrogen) atoms. The summed E-state index contributed by atoms with van der Waals surface area (Å²) in [5.74, 6) is 8.20. The van der Waals surface area contributed by atoms with Gasteiger partial charge >= 0.3 is 0 Å². The van der Waals surface area contributed by atoms with Crippen LogP contribution >= 0.6 is 0 Å². The molecule has 0 bridgehead atoms. The van der Waals surface area contributed by atoms with Gasteiger partial charge in [0.25, 0.3) is 0 Å². The van der Waals surface area contributed by atoms with Crippen molar-refractivity contribution in [3.8, 4) is 0 Å². The number of nitrogens with one attached hydrogen (secondary N) is 1. The molecule has 0 aliphatic heterocycles. The molecule has 104 valence electrons. The summed E-state index contributed by atoms with van der Waals surface area (Å²) in [4.78, 5) is 0. The third-order valence-corrected chi connectivity index (χ3v) is 5.47. The van der Waals surface area contributed by atoms with Gasteiger partial charge in [-0.05, 0) is 35.8 Å². The van der Waals surface area contributed by atoms with Crippen molar-refractivity contribution in [1.82, 2.24) is 5.43 Å². The van der Waals surface area contributed by atoms with Gasteiger partial charge in [0.2, 0.25) is 0 Å². The first-order valence-electron chi connectivity index (χ1n) is 7.89. The van der Waals surface area contributed by atoms with E-state index in [1.54, 1.807) is 0 Å². The zero-order chi connectivity index (χ0) is 13.2. The Morgan fingerprint density at radius 2 is 2.05 bits per heavy atom. The molecule has 0 radical (unpaired) electrons. The molecule has 1 aromatic carbocycles. The summed E-state index contributed by atoms with van der Waals surface area (Å²) in [6, 6.07) is 9.33. The van der Waals surface area contributed by atoms with Crippen LogP contribution in [0.1, 0.15) is 56.1 Å². The molecule has 3 N–H and O–H groups in total. The smallest absolute Gasteiger partial charge is 0.0313 e. The van der Waals surface area contributed by atoms with Crippen LogP contribution in [0, 0.1) is 11.8 Å². The topological polar surface area (TPSA) is 38.0 Å². The Morgan fingerprint density at radius 3 is 2.79 bits per heavy atom. The Balaban J connectivity index is 1.78. The number of fused-ring (bicyclic) bond motifs is 1. The highest BCUT2D eigenvalue weighted by Crippen LogP contribution is 2.44. The van der Waals surface area contributed by atoms with Crippen molar-refractivity contribution < 1.29 is 0 Å². The quantitative estimate of drug-likeness (QED) is 0.642. The van der Waals surface area contributed by atoms with Gasteiger partial charge in [0, 0.05) is 12.0 Å². The molecule has 0 aromatic heterocycles. The lowest BCUT2D eigenvalue weighted by atomic mass is 9.64. The van der Waals surface area contributed by atoms with Gasteiger partial charge in [-0.3, -0.25) is 11.3 Å². The van der Waals surface area contributed by atoms with Crippen molar-refractivity contribution in [3.63, 3.8) is 0 Å². The fourth-order valence-electron chi connectivity index (χ4n) is 4.37. The van der Waals surface area contributed by atoms with E-state index in [-0.39, 0.29) is 0 Å². The molecule has 0 heterocycles. The Morgan fingerprint density at radius 1 is 1.26 bits per heavy atom. The minimum absolute atomic E-state index is 0.472. The van der Waals surface area contributed by atoms with E-state index in [0.29, 0.717) is 12.0 Å². The molecule has 3 rings (SSSR count). The minimum atomic E-state index is 0.472. The van der Waals surface area contributed by atoms with E-state index in [4.69, 9.17) is 5.84 Å². The van der Waals surface area contributed by atoms with Crippen molar-refractivity contribution in [3.05, 3.63) is 35.4 Å². The summed E-state index contributed by atoms with van der Waals surface area (Å²) in [6.07, 6.45) is 8.05. The lowest BCUT2D eigenvalue weighted by Gasteiger charge is -2.44. The molecule has 1 saturated carbocycles. The predicted octanol–water partition coefficient (Wildman–Crippen LogP) is 3.37. The van der Waals surface area contributed by atoms with E-state index in [1.165, 1.54) is 49.7 Å². The zero-order valence-corrected chi connectivity index (χ0v) is 11.9. The summed E-state index contributed by atoms with van der Waals surface area (Å²) in [7, 11) is 0. The minimum Gasteiger partial charge on any atom is -0.271 e. The second kappa shape index (κ2) is 5.64. The first-order valence-corrected chi connectivity index (χ1v) is 7.89. The van der Waals surface area contributed by atoms with Gasteiger partial charge in [0.05, 0.1) is 0 Å². The number of benzene rings is 1. The first kappa shape index (κ1) is 13.1. The molecule has 2 heteroatoms. The van der Waals surface area contributed by atoms with Gasteiger partial charge in [-0.1, -0.05) is 56.9 Å². The van der Waals surface area contributed by atoms with Crippen LogP contribution in [0.25, 0.3) is 0 Å². The molecule has 4 unspecified atom stereocenters. The highest BCUT2D eigenvalue weighted by atomic mass is 15.2. The van der Waals surface area contributed by atoms with Crippen molar-refractivity contribution in [1.29, 1.82) is 0 Å². The molecule has 2 nitrogen and oxygen atoms in total. The largest absolute Gasteiger partial charge is 0.271 e. The number of rotatable bonds is 4. The highest BCUT2D eigenvalue weighted by Gasteiger charge is 2.39. The lowest BCUT2D eigenvalue weighted by Crippen LogP contribution is -2.50. The van der Waals surface area contributed by atoms with Gasteiger partial charge in [-0.15, -0.1) is 0 Å². The fraction of sp³-hybridized carbons (Fsp3) is 0.647. The number of nitrogens with two attached hydrogens (primary N) is 1. The summed E-state index contributed by atoms with van der Waals surface area (Å²) >= 11 is 0. The maximum absolute atomic E-state index is 5.94. The van der Waals surface area contributed by atoms with Gasteiger partial charge in [0.1, 0.15) is 0 Å². The SMILES string of the molecule is CCC1CCCCC1C(NN)C1Cc2ccccc21. The predicted molar refractivity (Wildman–Crippen MR) is 79.7 cm³/mol. The van der Waals surface area contributed by atoms with Gasteiger partial charge in [-0.25, -0.2) is 0 Å². The van der Waals surface area contributed by atoms with E-state index in [0.717, 1.165) is 11.8 Å². The monoisotopic (exact) mass is 258 g/mol. The Hall–Kier alpha value is -0.860. The van der Waals surface area contributed by atoms with Crippen LogP contribution in [-0.2, 0) is 6.42 Å². The Kier molecular flexibility index (Phi) is 3.90. The number of hydrogen-bond donors (Lipinski definition) is 2. The molecular formula is C17H26N2. The van der Waals surface area contributed by atoms with Crippen LogP contribution in [-0.4, -0.2) is 6.04 Å². The molecule has 2 aliphatic rings. The van der Waals surface area contributed by atoms with Crippen LogP contribution < -0.4 is 11.3 Å². The molecular weight excluding hydrogens is 232 g/mol. The Labute approximate surface area is 116 Å². The maximum atomic E-state index is 5.94. The van der Waals surface area contributed by atoms with Crippen LogP contribution in [0.3, 0.4) is 0 Å². The normalized spacial score (nSPS) is 31.4. The van der Waals surface area contributed by atoms with Crippen molar-refractivity contribution >= 4 is 0 Å². The van der Waals surface area contributed by atoms with Crippen LogP contribution in [0.4, 0.5) is 0 Å². The van der Waals surface area contributed by atoms with E-state index >= 15 is 0 Å². The molecule has 4 atom stereocenters. The molecule has 2 aliphatic carbocycles. The van der Waals surface area contributed by atoms with Crippen LogP contribution in [0.15, 0.2) is 24.3 Å². The molecule has 1 aromatic rings. The fourth-order valence-corrected chi connectivity index (χ4v) is 4.37. The van der Waals surface area contributed by atoms with E-state index in [1.807, 2.05) is 0 Å². The third-order valence-electron chi connectivity index (χ3n) is 5.47.